The van der Waals surface area contributed by atoms with E-state index in [-0.39, 0.29) is 0 Å². The third kappa shape index (κ3) is 3.17. The number of benzene rings is 1. The molecule has 1 aliphatic rings. The van der Waals surface area contributed by atoms with Crippen LogP contribution in [-0.4, -0.2) is 31.8 Å². The summed E-state index contributed by atoms with van der Waals surface area (Å²) in [5.41, 5.74) is 2.23. The number of fused-ring (bicyclic) bond motifs is 1. The first-order chi connectivity index (χ1) is 10.8. The monoisotopic (exact) mass is 300 g/mol. The van der Waals surface area contributed by atoms with Gasteiger partial charge >= 0.3 is 0 Å². The average molecular weight is 300 g/mol. The summed E-state index contributed by atoms with van der Waals surface area (Å²) >= 11 is 0. The molecule has 118 valence electrons. The molecule has 3 rings (SSSR count). The maximum atomic E-state index is 5.65. The number of pyridine rings is 1. The maximum Gasteiger partial charge on any atom is 0.213 e. The lowest BCUT2D eigenvalue weighted by molar-refractivity contribution is 0.306. The Labute approximate surface area is 131 Å². The number of aromatic nitrogens is 1. The van der Waals surface area contributed by atoms with Crippen molar-refractivity contribution in [3.8, 4) is 11.6 Å². The molecule has 22 heavy (non-hydrogen) atoms. The van der Waals surface area contributed by atoms with Crippen LogP contribution in [0.1, 0.15) is 37.7 Å². The van der Waals surface area contributed by atoms with Crippen LogP contribution in [0.3, 0.4) is 0 Å². The van der Waals surface area contributed by atoms with Gasteiger partial charge in [0.1, 0.15) is 5.75 Å². The highest BCUT2D eigenvalue weighted by molar-refractivity contribution is 5.82. The Bertz CT molecular complexity index is 636. The number of piperidine rings is 1. The van der Waals surface area contributed by atoms with Crippen LogP contribution in [0, 0.1) is 0 Å². The van der Waals surface area contributed by atoms with Gasteiger partial charge in [0, 0.05) is 29.5 Å². The highest BCUT2D eigenvalue weighted by atomic mass is 16.5. The fourth-order valence-electron chi connectivity index (χ4n) is 3.05. The second-order valence-electron chi connectivity index (χ2n) is 5.83. The van der Waals surface area contributed by atoms with Gasteiger partial charge in [-0.1, -0.05) is 6.92 Å². The van der Waals surface area contributed by atoms with Gasteiger partial charge in [-0.05, 0) is 44.0 Å². The third-order valence-electron chi connectivity index (χ3n) is 4.21. The molecular weight excluding hydrogens is 276 g/mol. The number of nitrogens with zero attached hydrogens (tertiary/aromatic N) is 1. The zero-order valence-corrected chi connectivity index (χ0v) is 13.4. The van der Waals surface area contributed by atoms with Crippen LogP contribution >= 0.6 is 0 Å². The summed E-state index contributed by atoms with van der Waals surface area (Å²) in [4.78, 5) is 4.65. The highest BCUT2D eigenvalue weighted by Gasteiger charge is 2.20. The van der Waals surface area contributed by atoms with Crippen molar-refractivity contribution in [2.24, 2.45) is 0 Å². The molecule has 4 nitrogen and oxygen atoms in total. The highest BCUT2D eigenvalue weighted by Crippen LogP contribution is 2.34. The van der Waals surface area contributed by atoms with Crippen LogP contribution in [0.25, 0.3) is 10.9 Å². The molecule has 0 radical (unpaired) electrons. The van der Waals surface area contributed by atoms with Crippen molar-refractivity contribution in [2.75, 3.05) is 26.8 Å². The van der Waals surface area contributed by atoms with E-state index >= 15 is 0 Å². The lowest BCUT2D eigenvalue weighted by atomic mass is 9.90. The third-order valence-corrected chi connectivity index (χ3v) is 4.21. The number of rotatable bonds is 5. The molecule has 2 heterocycles. The molecule has 1 atom stereocenters. The Morgan fingerprint density at radius 2 is 2.23 bits per heavy atom. The zero-order valence-electron chi connectivity index (χ0n) is 13.4. The fourth-order valence-corrected chi connectivity index (χ4v) is 3.05. The first-order valence-corrected chi connectivity index (χ1v) is 8.14. The van der Waals surface area contributed by atoms with Crippen molar-refractivity contribution in [1.29, 1.82) is 0 Å². The van der Waals surface area contributed by atoms with E-state index in [1.807, 2.05) is 6.07 Å². The summed E-state index contributed by atoms with van der Waals surface area (Å²) < 4.78 is 11.3. The van der Waals surface area contributed by atoms with Crippen LogP contribution in [0.15, 0.2) is 24.3 Å². The second kappa shape index (κ2) is 6.97. The van der Waals surface area contributed by atoms with Crippen LogP contribution in [-0.2, 0) is 0 Å². The molecule has 0 amide bonds. The summed E-state index contributed by atoms with van der Waals surface area (Å²) in [5.74, 6) is 2.16. The lowest BCUT2D eigenvalue weighted by Gasteiger charge is -2.25. The predicted octanol–water partition coefficient (Wildman–Crippen LogP) is 3.50. The van der Waals surface area contributed by atoms with Gasteiger partial charge in [-0.2, -0.15) is 0 Å². The van der Waals surface area contributed by atoms with Gasteiger partial charge in [-0.15, -0.1) is 0 Å². The van der Waals surface area contributed by atoms with Crippen molar-refractivity contribution < 1.29 is 9.47 Å². The van der Waals surface area contributed by atoms with E-state index in [4.69, 9.17) is 9.47 Å². The molecule has 4 heteroatoms. The van der Waals surface area contributed by atoms with Gasteiger partial charge in [0.25, 0.3) is 0 Å². The van der Waals surface area contributed by atoms with E-state index in [1.54, 1.807) is 7.11 Å². The predicted molar refractivity (Wildman–Crippen MR) is 88.9 cm³/mol. The molecule has 1 aliphatic heterocycles. The second-order valence-corrected chi connectivity index (χ2v) is 5.83. The molecule has 1 aromatic heterocycles. The van der Waals surface area contributed by atoms with Gasteiger partial charge in [-0.25, -0.2) is 4.98 Å². The number of hydrogen-bond donors (Lipinski definition) is 1. The Kier molecular flexibility index (Phi) is 4.78. The molecule has 0 bridgehead atoms. The normalized spacial score (nSPS) is 18.4. The summed E-state index contributed by atoms with van der Waals surface area (Å²) in [6.45, 7) is 4.92. The number of methoxy groups -OCH3 is 1. The first-order valence-electron chi connectivity index (χ1n) is 8.14. The van der Waals surface area contributed by atoms with Crippen molar-refractivity contribution in [2.45, 2.75) is 32.1 Å². The Balaban J connectivity index is 1.98. The fraction of sp³-hybridized carbons (Fsp3) is 0.500. The van der Waals surface area contributed by atoms with Crippen LogP contribution in [0.4, 0.5) is 0 Å². The van der Waals surface area contributed by atoms with Crippen molar-refractivity contribution >= 4 is 10.9 Å². The topological polar surface area (TPSA) is 43.4 Å². The summed E-state index contributed by atoms with van der Waals surface area (Å²) in [6, 6.07) is 8.25. The van der Waals surface area contributed by atoms with E-state index in [9.17, 15) is 0 Å². The van der Waals surface area contributed by atoms with Gasteiger partial charge in [0.2, 0.25) is 5.88 Å². The van der Waals surface area contributed by atoms with Crippen molar-refractivity contribution in [1.82, 2.24) is 10.3 Å². The van der Waals surface area contributed by atoms with E-state index in [2.05, 4.69) is 35.4 Å². The molecule has 1 saturated heterocycles. The minimum atomic E-state index is 0.495. The van der Waals surface area contributed by atoms with E-state index in [0.29, 0.717) is 18.4 Å². The molecule has 1 N–H and O–H groups in total. The molecule has 2 aromatic rings. The SMILES string of the molecule is CCCOc1ccc2cc(OC)c(C3CCCNC3)cc2n1. The minimum absolute atomic E-state index is 0.495. The van der Waals surface area contributed by atoms with Crippen LogP contribution in [0.2, 0.25) is 0 Å². The summed E-state index contributed by atoms with van der Waals surface area (Å²) in [7, 11) is 1.74. The minimum Gasteiger partial charge on any atom is -0.496 e. The maximum absolute atomic E-state index is 5.65. The molecule has 1 fully saturated rings. The lowest BCUT2D eigenvalue weighted by Crippen LogP contribution is -2.28. The standard InChI is InChI=1S/C18H24N2O2/c1-3-9-22-18-7-6-13-10-17(21-2)15(11-16(13)20-18)14-5-4-8-19-12-14/h6-7,10-11,14,19H,3-5,8-9,12H2,1-2H3. The molecule has 1 unspecified atom stereocenters. The number of hydrogen-bond acceptors (Lipinski definition) is 4. The van der Waals surface area contributed by atoms with E-state index in [1.165, 1.54) is 18.4 Å². The summed E-state index contributed by atoms with van der Waals surface area (Å²) in [5, 5.41) is 4.56. The van der Waals surface area contributed by atoms with Crippen LogP contribution < -0.4 is 14.8 Å². The van der Waals surface area contributed by atoms with E-state index in [0.717, 1.165) is 36.2 Å². The quantitative estimate of drug-likeness (QED) is 0.918. The molecule has 1 aromatic carbocycles. The molecule has 0 spiro atoms. The Morgan fingerprint density at radius 3 is 2.95 bits per heavy atom. The largest absolute Gasteiger partial charge is 0.496 e. The van der Waals surface area contributed by atoms with Gasteiger partial charge in [0.05, 0.1) is 19.2 Å². The van der Waals surface area contributed by atoms with Gasteiger partial charge in [0.15, 0.2) is 0 Å². The molecule has 0 aliphatic carbocycles. The van der Waals surface area contributed by atoms with Gasteiger partial charge < -0.3 is 14.8 Å². The first kappa shape index (κ1) is 15.1. The van der Waals surface area contributed by atoms with E-state index < -0.39 is 0 Å². The summed E-state index contributed by atoms with van der Waals surface area (Å²) in [6.07, 6.45) is 3.39. The van der Waals surface area contributed by atoms with Gasteiger partial charge in [-0.3, -0.25) is 0 Å². The molecular formula is C18H24N2O2. The van der Waals surface area contributed by atoms with Crippen molar-refractivity contribution in [3.05, 3.63) is 29.8 Å². The smallest absolute Gasteiger partial charge is 0.213 e. The molecule has 0 saturated carbocycles. The van der Waals surface area contributed by atoms with Crippen molar-refractivity contribution in [3.63, 3.8) is 0 Å². The number of ether oxygens (including phenoxy) is 2. The number of nitrogens with one attached hydrogen (secondary N) is 1. The zero-order chi connectivity index (χ0) is 15.4. The Morgan fingerprint density at radius 1 is 1.32 bits per heavy atom. The Hall–Kier alpha value is -1.81. The average Bonchev–Trinajstić information content (AvgIpc) is 2.59. The van der Waals surface area contributed by atoms with Crippen LogP contribution in [0.5, 0.6) is 11.6 Å².